The van der Waals surface area contributed by atoms with Crippen LogP contribution in [-0.4, -0.2) is 35.0 Å². The summed E-state index contributed by atoms with van der Waals surface area (Å²) < 4.78 is 30.9. The van der Waals surface area contributed by atoms with E-state index in [9.17, 15) is 8.42 Å². The Morgan fingerprint density at radius 2 is 1.96 bits per heavy atom. The second-order valence-electron chi connectivity index (χ2n) is 5.40. The first-order valence-corrected chi connectivity index (χ1v) is 11.2. The van der Waals surface area contributed by atoms with Crippen molar-refractivity contribution in [2.45, 2.75) is 17.4 Å². The highest BCUT2D eigenvalue weighted by Gasteiger charge is 2.25. The van der Waals surface area contributed by atoms with Crippen LogP contribution in [0.3, 0.4) is 0 Å². The Hall–Kier alpha value is -1.42. The van der Waals surface area contributed by atoms with Crippen LogP contribution in [0.5, 0.6) is 0 Å². The van der Waals surface area contributed by atoms with Crippen molar-refractivity contribution < 1.29 is 8.42 Å². The molecule has 0 saturated carbocycles. The number of rotatable bonds is 7. The highest BCUT2D eigenvalue weighted by molar-refractivity contribution is 9.10. The Kier molecular flexibility index (Phi) is 5.78. The van der Waals surface area contributed by atoms with Crippen LogP contribution < -0.4 is 4.72 Å². The second-order valence-corrected chi connectivity index (χ2v) is 9.01. The Labute approximate surface area is 159 Å². The molecule has 0 saturated heterocycles. The Morgan fingerprint density at radius 3 is 2.68 bits per heavy atom. The molecule has 1 atom stereocenters. The van der Waals surface area contributed by atoms with Crippen LogP contribution in [0.2, 0.25) is 0 Å². The molecular weight excluding hydrogens is 424 g/mol. The molecule has 3 aromatic rings. The number of hydrogen-bond donors (Lipinski definition) is 1. The fourth-order valence-electron chi connectivity index (χ4n) is 2.44. The lowest BCUT2D eigenvalue weighted by Gasteiger charge is -2.17. The van der Waals surface area contributed by atoms with Gasteiger partial charge in [-0.25, -0.2) is 13.1 Å². The van der Waals surface area contributed by atoms with Crippen molar-refractivity contribution in [3.63, 3.8) is 0 Å². The summed E-state index contributed by atoms with van der Waals surface area (Å²) in [6, 6.07) is 11.7. The van der Waals surface area contributed by atoms with E-state index in [4.69, 9.17) is 0 Å². The van der Waals surface area contributed by atoms with Gasteiger partial charge in [-0.05, 0) is 54.8 Å². The molecule has 25 heavy (non-hydrogen) atoms. The molecule has 0 aliphatic carbocycles. The van der Waals surface area contributed by atoms with Gasteiger partial charge in [-0.2, -0.15) is 11.8 Å². The smallest absolute Gasteiger partial charge is 0.241 e. The van der Waals surface area contributed by atoms with Gasteiger partial charge in [-0.3, -0.25) is 4.40 Å². The van der Waals surface area contributed by atoms with Crippen LogP contribution in [0.15, 0.2) is 58.0 Å². The molecule has 0 aliphatic rings. The molecule has 0 radical (unpaired) electrons. The van der Waals surface area contributed by atoms with Gasteiger partial charge in [-0.15, -0.1) is 10.2 Å². The predicted molar refractivity (Wildman–Crippen MR) is 103 cm³/mol. The van der Waals surface area contributed by atoms with E-state index in [-0.39, 0.29) is 4.90 Å². The summed E-state index contributed by atoms with van der Waals surface area (Å²) in [5, 5.41) is 8.34. The largest absolute Gasteiger partial charge is 0.285 e. The van der Waals surface area contributed by atoms with E-state index in [0.29, 0.717) is 17.9 Å². The fraction of sp³-hybridized carbons (Fsp3) is 0.250. The minimum Gasteiger partial charge on any atom is -0.285 e. The average molecular weight is 441 g/mol. The first-order valence-electron chi connectivity index (χ1n) is 7.58. The molecule has 0 amide bonds. The van der Waals surface area contributed by atoms with Crippen molar-refractivity contribution in [3.8, 4) is 0 Å². The third kappa shape index (κ3) is 4.22. The molecule has 132 valence electrons. The van der Waals surface area contributed by atoms with E-state index in [1.54, 1.807) is 36.0 Å². The lowest BCUT2D eigenvalue weighted by Crippen LogP contribution is -2.30. The molecule has 0 aliphatic heterocycles. The van der Waals surface area contributed by atoms with Gasteiger partial charge in [0, 0.05) is 10.7 Å². The summed E-state index contributed by atoms with van der Waals surface area (Å²) in [6.07, 6.45) is 4.44. The van der Waals surface area contributed by atoms with Gasteiger partial charge in [0.2, 0.25) is 10.0 Å². The quantitative estimate of drug-likeness (QED) is 0.609. The maximum atomic E-state index is 12.8. The molecule has 9 heteroatoms. The number of fused-ring (bicyclic) bond motifs is 1. The van der Waals surface area contributed by atoms with Crippen molar-refractivity contribution in [3.05, 3.63) is 59.0 Å². The lowest BCUT2D eigenvalue weighted by molar-refractivity contribution is 0.536. The van der Waals surface area contributed by atoms with Crippen LogP contribution in [-0.2, 0) is 10.0 Å². The summed E-state index contributed by atoms with van der Waals surface area (Å²) in [7, 11) is -3.66. The summed E-state index contributed by atoms with van der Waals surface area (Å²) >= 11 is 4.97. The van der Waals surface area contributed by atoms with Gasteiger partial charge in [-0.1, -0.05) is 22.0 Å². The zero-order valence-electron chi connectivity index (χ0n) is 13.5. The molecule has 0 spiro atoms. The zero-order valence-corrected chi connectivity index (χ0v) is 16.7. The number of pyridine rings is 1. The minimum absolute atomic E-state index is 0.221. The molecule has 1 aromatic carbocycles. The van der Waals surface area contributed by atoms with Gasteiger partial charge < -0.3 is 0 Å². The Bertz CT molecular complexity index is 958. The monoisotopic (exact) mass is 440 g/mol. The minimum atomic E-state index is -3.66. The van der Waals surface area contributed by atoms with E-state index < -0.39 is 16.1 Å². The molecule has 1 N–H and O–H groups in total. The van der Waals surface area contributed by atoms with Gasteiger partial charge in [0.05, 0.1) is 10.9 Å². The summed E-state index contributed by atoms with van der Waals surface area (Å²) in [4.78, 5) is 0.221. The van der Waals surface area contributed by atoms with Crippen molar-refractivity contribution >= 4 is 43.4 Å². The highest BCUT2D eigenvalue weighted by Crippen LogP contribution is 2.22. The average Bonchev–Trinajstić information content (AvgIpc) is 3.03. The van der Waals surface area contributed by atoms with Gasteiger partial charge in [0.25, 0.3) is 0 Å². The van der Waals surface area contributed by atoms with E-state index in [2.05, 4.69) is 30.8 Å². The number of hydrogen-bond acceptors (Lipinski definition) is 5. The molecule has 0 fully saturated rings. The van der Waals surface area contributed by atoms with Crippen LogP contribution >= 0.6 is 27.7 Å². The summed E-state index contributed by atoms with van der Waals surface area (Å²) in [5.74, 6) is 1.39. The molecule has 0 unspecified atom stereocenters. The number of thioether (sulfide) groups is 1. The van der Waals surface area contributed by atoms with Crippen LogP contribution in [0.25, 0.3) is 5.65 Å². The first-order chi connectivity index (χ1) is 12.0. The normalized spacial score (nSPS) is 13.2. The number of nitrogens with one attached hydrogen (secondary N) is 1. The molecular formula is C16H17BrN4O2S2. The van der Waals surface area contributed by atoms with Crippen LogP contribution in [0.1, 0.15) is 18.3 Å². The number of nitrogens with zero attached hydrogens (tertiary/aromatic N) is 3. The fourth-order valence-corrected chi connectivity index (χ4v) is 4.41. The van der Waals surface area contributed by atoms with Gasteiger partial charge in [0.1, 0.15) is 0 Å². The van der Waals surface area contributed by atoms with Crippen LogP contribution in [0.4, 0.5) is 0 Å². The predicted octanol–water partition coefficient (Wildman–Crippen LogP) is 3.26. The third-order valence-electron chi connectivity index (χ3n) is 3.68. The van der Waals surface area contributed by atoms with E-state index >= 15 is 0 Å². The Balaban J connectivity index is 1.94. The summed E-state index contributed by atoms with van der Waals surface area (Å²) in [6.45, 7) is 0. The van der Waals surface area contributed by atoms with Gasteiger partial charge in [0.15, 0.2) is 11.5 Å². The van der Waals surface area contributed by atoms with Crippen molar-refractivity contribution in [2.75, 3.05) is 12.0 Å². The molecule has 0 bridgehead atoms. The van der Waals surface area contributed by atoms with E-state index in [1.807, 2.05) is 35.1 Å². The number of sulfonamides is 1. The van der Waals surface area contributed by atoms with Crippen molar-refractivity contribution in [1.29, 1.82) is 0 Å². The topological polar surface area (TPSA) is 76.4 Å². The number of halogens is 1. The van der Waals surface area contributed by atoms with Crippen LogP contribution in [0, 0.1) is 0 Å². The maximum absolute atomic E-state index is 12.8. The van der Waals surface area contributed by atoms with E-state index in [1.165, 1.54) is 0 Å². The SMILES string of the molecule is CSCC[C@H](NS(=O)(=O)c1ccc(Br)cc1)c1nnc2ccccn12. The number of benzene rings is 1. The zero-order chi connectivity index (χ0) is 17.9. The van der Waals surface area contributed by atoms with Gasteiger partial charge >= 0.3 is 0 Å². The Morgan fingerprint density at radius 1 is 1.20 bits per heavy atom. The number of aromatic nitrogens is 3. The lowest BCUT2D eigenvalue weighted by atomic mass is 10.2. The molecule has 2 aromatic heterocycles. The second kappa shape index (κ2) is 7.86. The molecule has 6 nitrogen and oxygen atoms in total. The molecule has 3 rings (SSSR count). The third-order valence-corrected chi connectivity index (χ3v) is 6.34. The van der Waals surface area contributed by atoms with Crippen molar-refractivity contribution in [1.82, 2.24) is 19.3 Å². The maximum Gasteiger partial charge on any atom is 0.241 e. The standard InChI is InChI=1S/C16H17BrN4O2S2/c1-24-11-9-14(16-19-18-15-4-2-3-10-21(15)16)20-25(22,23)13-7-5-12(17)6-8-13/h2-8,10,14,20H,9,11H2,1H3/t14-/m0/s1. The van der Waals surface area contributed by atoms with E-state index in [0.717, 1.165) is 10.2 Å². The first kappa shape index (κ1) is 18.4. The molecule has 2 heterocycles. The summed E-state index contributed by atoms with van der Waals surface area (Å²) in [5.41, 5.74) is 0.689. The highest BCUT2D eigenvalue weighted by atomic mass is 79.9. The van der Waals surface area contributed by atoms with Crippen molar-refractivity contribution in [2.24, 2.45) is 0 Å².